The van der Waals surface area contributed by atoms with Gasteiger partial charge in [0.25, 0.3) is 0 Å². The molecule has 0 saturated heterocycles. The predicted molar refractivity (Wildman–Crippen MR) is 201 cm³/mol. The van der Waals surface area contributed by atoms with Crippen LogP contribution in [0.15, 0.2) is 80.7 Å². The van der Waals surface area contributed by atoms with E-state index in [-0.39, 0.29) is 26.8 Å². The van der Waals surface area contributed by atoms with Crippen molar-refractivity contribution in [2.75, 3.05) is 73.4 Å². The third-order valence-corrected chi connectivity index (χ3v) is 11.7. The molecule has 0 aliphatic carbocycles. The van der Waals surface area contributed by atoms with E-state index in [1.165, 1.54) is 24.3 Å². The number of halogens is 2. The van der Waals surface area contributed by atoms with E-state index in [1.54, 1.807) is 12.1 Å². The highest BCUT2D eigenvalue weighted by atomic mass is 79.9. The monoisotopic (exact) mass is 870 g/mol. The van der Waals surface area contributed by atoms with Crippen molar-refractivity contribution in [2.24, 2.45) is 0 Å². The lowest BCUT2D eigenvalue weighted by atomic mass is 9.81. The number of rotatable bonds is 13. The van der Waals surface area contributed by atoms with Gasteiger partial charge >= 0.3 is 0 Å². The summed E-state index contributed by atoms with van der Waals surface area (Å²) in [7, 11) is 3.65. The largest absolute Gasteiger partial charge is 1.00 e. The standard InChI is InChI=1S/C37H52BrN4O6S2.BrH/c1-36(2)30-25-28(49(43,44)45)15-17-32(30)39(21-11-23-41(5,6)7)34(36)19-13-27(38)14-20-35-37(3,4)31-26-29(50(46,47)48)16-18-33(31)40(35)22-12-24-42(8,9)10;/h13-20,25-26H,11-12,21-24H2,1-10H3;1H/q+1;/p-1. The first-order valence-corrected chi connectivity index (χ1v) is 20.3. The Morgan fingerprint density at radius 3 is 1.90 bits per heavy atom. The summed E-state index contributed by atoms with van der Waals surface area (Å²) in [5.41, 5.74) is 4.16. The number of quaternary nitrogens is 2. The van der Waals surface area contributed by atoms with Gasteiger partial charge in [-0.05, 0) is 68.0 Å². The highest BCUT2D eigenvalue weighted by Crippen LogP contribution is 2.49. The Balaban J connectivity index is 0.00000702. The highest BCUT2D eigenvalue weighted by Gasteiger charge is 2.45. The van der Waals surface area contributed by atoms with Crippen LogP contribution in [-0.2, 0) is 31.1 Å². The fourth-order valence-corrected chi connectivity index (χ4v) is 8.14. The summed E-state index contributed by atoms with van der Waals surface area (Å²) in [4.78, 5) is 1.74. The number of hydrogen-bond acceptors (Lipinski definition) is 7. The fourth-order valence-electron chi connectivity index (χ4n) is 6.88. The summed E-state index contributed by atoms with van der Waals surface area (Å²) >= 11 is 3.74. The van der Waals surface area contributed by atoms with Gasteiger partial charge in [-0.1, -0.05) is 29.8 Å². The molecule has 10 nitrogen and oxygen atoms in total. The van der Waals surface area contributed by atoms with Gasteiger partial charge in [0.15, 0.2) is 12.3 Å². The molecule has 0 unspecified atom stereocenters. The molecule has 0 amide bonds. The van der Waals surface area contributed by atoms with E-state index in [2.05, 4.69) is 67.7 Å². The Morgan fingerprint density at radius 2 is 1.35 bits per heavy atom. The number of allylic oxidation sites excluding steroid dienone is 6. The molecular formula is C37H52Br2N4O6S2. The number of hydrogen-bond donors (Lipinski definition) is 0. The van der Waals surface area contributed by atoms with E-state index in [4.69, 9.17) is 0 Å². The maximum atomic E-state index is 11.9. The zero-order valence-corrected chi connectivity index (χ0v) is 36.1. The van der Waals surface area contributed by atoms with Crippen LogP contribution in [-0.4, -0.2) is 114 Å². The molecule has 0 N–H and O–H groups in total. The zero-order valence-electron chi connectivity index (χ0n) is 31.3. The molecule has 2 aliphatic heterocycles. The second-order valence-electron chi connectivity index (χ2n) is 16.4. The summed E-state index contributed by atoms with van der Waals surface area (Å²) in [6.45, 7) is 11.5. The van der Waals surface area contributed by atoms with Crippen molar-refractivity contribution in [1.82, 2.24) is 0 Å². The zero-order chi connectivity index (χ0) is 37.7. The van der Waals surface area contributed by atoms with E-state index in [0.717, 1.165) is 86.4 Å². The molecule has 282 valence electrons. The minimum absolute atomic E-state index is 0. The second-order valence-corrected chi connectivity index (χ2v) is 20.1. The Bertz CT molecular complexity index is 2000. The third-order valence-electron chi connectivity index (χ3n) is 9.53. The van der Waals surface area contributed by atoms with E-state index in [1.807, 2.05) is 52.0 Å². The van der Waals surface area contributed by atoms with Crippen LogP contribution in [0.4, 0.5) is 11.4 Å². The van der Waals surface area contributed by atoms with Crippen molar-refractivity contribution in [3.05, 3.63) is 82.0 Å². The van der Waals surface area contributed by atoms with Crippen LogP contribution >= 0.6 is 15.9 Å². The molecule has 51 heavy (non-hydrogen) atoms. The van der Waals surface area contributed by atoms with Crippen LogP contribution in [0.5, 0.6) is 0 Å². The minimum atomic E-state index is -4.62. The van der Waals surface area contributed by atoms with Crippen molar-refractivity contribution in [2.45, 2.75) is 61.2 Å². The topological polar surface area (TPSA) is 121 Å². The Kier molecular flexibility index (Phi) is 13.0. The van der Waals surface area contributed by atoms with Crippen LogP contribution < -0.4 is 21.9 Å². The smallest absolute Gasteiger partial charge is 0.209 e. The molecule has 0 atom stereocenters. The van der Waals surface area contributed by atoms with Crippen LogP contribution in [0.25, 0.3) is 0 Å². The fraction of sp³-hybridized carbons (Fsp3) is 0.486. The highest BCUT2D eigenvalue weighted by molar-refractivity contribution is 9.11. The SMILES string of the molecule is CC1(C)C(/C=C/C(Br)=C/C=C2/N(CCC[N+](C)(C)C)c3ccc(S(=O)(=O)[O-])cc3C2(C)C)=[N+](CCC[N+](C)(C)C)c2ccc(S(=O)(=O)[O-])cc21.[Br-]. The lowest BCUT2D eigenvalue weighted by Crippen LogP contribution is -3.00. The molecule has 0 spiro atoms. The van der Waals surface area contributed by atoms with E-state index in [0.29, 0.717) is 0 Å². The van der Waals surface area contributed by atoms with E-state index in [9.17, 15) is 25.9 Å². The van der Waals surface area contributed by atoms with Crippen LogP contribution in [0.1, 0.15) is 51.7 Å². The van der Waals surface area contributed by atoms with Crippen molar-refractivity contribution < 1.29 is 56.5 Å². The van der Waals surface area contributed by atoms with Crippen molar-refractivity contribution in [3.8, 4) is 0 Å². The minimum Gasteiger partial charge on any atom is -1.00 e. The molecule has 0 radical (unpaired) electrons. The Hall–Kier alpha value is -2.17. The van der Waals surface area contributed by atoms with Gasteiger partial charge in [-0.25, -0.2) is 16.8 Å². The first kappa shape index (κ1) is 43.2. The van der Waals surface area contributed by atoms with Crippen LogP contribution in [0, 0.1) is 0 Å². The summed E-state index contributed by atoms with van der Waals surface area (Å²) < 4.78 is 76.2. The van der Waals surface area contributed by atoms with Crippen molar-refractivity contribution >= 4 is 53.3 Å². The average molecular weight is 873 g/mol. The summed E-state index contributed by atoms with van der Waals surface area (Å²) in [6.07, 6.45) is 9.81. The Labute approximate surface area is 324 Å². The van der Waals surface area contributed by atoms with Gasteiger partial charge < -0.3 is 40.0 Å². The summed E-state index contributed by atoms with van der Waals surface area (Å²) in [5.74, 6) is 0. The van der Waals surface area contributed by atoms with Gasteiger partial charge in [-0.15, -0.1) is 0 Å². The maximum absolute atomic E-state index is 11.9. The van der Waals surface area contributed by atoms with E-state index >= 15 is 0 Å². The number of nitrogens with zero attached hydrogens (tertiary/aromatic N) is 4. The van der Waals surface area contributed by atoms with Gasteiger partial charge in [0.05, 0.1) is 77.0 Å². The second kappa shape index (κ2) is 15.3. The number of benzene rings is 2. The van der Waals surface area contributed by atoms with Gasteiger partial charge in [0.2, 0.25) is 5.69 Å². The molecule has 2 heterocycles. The number of anilines is 1. The summed E-state index contributed by atoms with van der Waals surface area (Å²) in [5, 5.41) is 0. The van der Waals surface area contributed by atoms with Crippen molar-refractivity contribution in [1.29, 1.82) is 0 Å². The molecule has 0 fully saturated rings. The Morgan fingerprint density at radius 1 is 0.824 bits per heavy atom. The normalized spacial score (nSPS) is 18.4. The van der Waals surface area contributed by atoms with Gasteiger partial charge in [0.1, 0.15) is 20.2 Å². The lowest BCUT2D eigenvalue weighted by Gasteiger charge is -2.29. The third kappa shape index (κ3) is 10.1. The van der Waals surface area contributed by atoms with Gasteiger partial charge in [0, 0.05) is 52.0 Å². The molecular weight excluding hydrogens is 820 g/mol. The number of fused-ring (bicyclic) bond motifs is 2. The van der Waals surface area contributed by atoms with Crippen molar-refractivity contribution in [3.63, 3.8) is 0 Å². The molecule has 14 heteroatoms. The van der Waals surface area contributed by atoms with Crippen LogP contribution in [0.3, 0.4) is 0 Å². The molecule has 2 aromatic rings. The molecule has 2 aromatic carbocycles. The molecule has 0 bridgehead atoms. The first-order valence-electron chi connectivity index (χ1n) is 16.7. The quantitative estimate of drug-likeness (QED) is 0.132. The van der Waals surface area contributed by atoms with E-state index < -0.39 is 31.1 Å². The predicted octanol–water partition coefficient (Wildman–Crippen LogP) is 2.58. The molecule has 2 aliphatic rings. The van der Waals surface area contributed by atoms with Crippen LogP contribution in [0.2, 0.25) is 0 Å². The molecule has 4 rings (SSSR count). The lowest BCUT2D eigenvalue weighted by molar-refractivity contribution is -0.871. The maximum Gasteiger partial charge on any atom is 0.209 e. The molecule has 0 aromatic heterocycles. The molecule has 0 saturated carbocycles. The average Bonchev–Trinajstić information content (AvgIpc) is 3.30. The van der Waals surface area contributed by atoms with Gasteiger partial charge in [-0.3, -0.25) is 0 Å². The summed E-state index contributed by atoms with van der Waals surface area (Å²) in [6, 6.07) is 9.28. The van der Waals surface area contributed by atoms with Gasteiger partial charge in [-0.2, -0.15) is 4.58 Å². The first-order chi connectivity index (χ1) is 22.7.